The fourth-order valence-corrected chi connectivity index (χ4v) is 3.40. The van der Waals surface area contributed by atoms with Crippen LogP contribution in [-0.4, -0.2) is 22.4 Å². The summed E-state index contributed by atoms with van der Waals surface area (Å²) in [6, 6.07) is 11.8. The minimum absolute atomic E-state index is 0.126. The molecule has 0 aliphatic carbocycles. The molecule has 0 aliphatic heterocycles. The van der Waals surface area contributed by atoms with Gasteiger partial charge in [0.25, 0.3) is 0 Å². The van der Waals surface area contributed by atoms with E-state index in [0.29, 0.717) is 23.0 Å². The fraction of sp³-hybridized carbons (Fsp3) is 0.333. The molecule has 0 amide bonds. The van der Waals surface area contributed by atoms with Gasteiger partial charge in [-0.2, -0.15) is 4.98 Å². The number of anilines is 3. The van der Waals surface area contributed by atoms with E-state index >= 15 is 0 Å². The molecule has 0 saturated heterocycles. The first-order valence-corrected chi connectivity index (χ1v) is 10.4. The molecule has 3 aromatic rings. The molecule has 5 nitrogen and oxygen atoms in total. The summed E-state index contributed by atoms with van der Waals surface area (Å²) in [4.78, 5) is 9.11. The van der Waals surface area contributed by atoms with E-state index in [1.807, 2.05) is 34.6 Å². The molecular formula is C24H27F3N4O. The number of nitrogens with one attached hydrogen (secondary N) is 2. The fourth-order valence-electron chi connectivity index (χ4n) is 3.40. The molecule has 0 bridgehead atoms. The Kier molecular flexibility index (Phi) is 6.91. The Labute approximate surface area is 186 Å². The predicted molar refractivity (Wildman–Crippen MR) is 121 cm³/mol. The number of aryl methyl sites for hydroxylation is 3. The van der Waals surface area contributed by atoms with Crippen LogP contribution in [-0.2, 0) is 0 Å². The van der Waals surface area contributed by atoms with Gasteiger partial charge in [-0.1, -0.05) is 36.8 Å². The van der Waals surface area contributed by atoms with Crippen LogP contribution < -0.4 is 15.4 Å². The number of benzene rings is 2. The van der Waals surface area contributed by atoms with Gasteiger partial charge in [0, 0.05) is 23.4 Å². The van der Waals surface area contributed by atoms with E-state index in [1.165, 1.54) is 18.2 Å². The molecule has 0 unspecified atom stereocenters. The van der Waals surface area contributed by atoms with Gasteiger partial charge in [-0.05, 0) is 57.4 Å². The first-order valence-electron chi connectivity index (χ1n) is 10.4. The molecule has 2 N–H and O–H groups in total. The lowest BCUT2D eigenvalue weighted by Gasteiger charge is -2.17. The Bertz CT molecular complexity index is 1080. The Balaban J connectivity index is 2.03. The van der Waals surface area contributed by atoms with Crippen LogP contribution in [0.4, 0.5) is 30.6 Å². The van der Waals surface area contributed by atoms with Crippen molar-refractivity contribution in [1.29, 1.82) is 0 Å². The zero-order chi connectivity index (χ0) is 23.5. The SMILES string of the molecule is CC[C@H](C)Nc1nc(Nc2c(C)cc(C)cc2C)cc(-c2cccc(OC(F)(F)F)c2)n1. The van der Waals surface area contributed by atoms with Crippen LogP contribution in [0.25, 0.3) is 11.3 Å². The third-order valence-electron chi connectivity index (χ3n) is 5.01. The minimum atomic E-state index is -4.76. The molecule has 8 heteroatoms. The number of rotatable bonds is 7. The molecule has 1 aromatic heterocycles. The van der Waals surface area contributed by atoms with E-state index in [4.69, 9.17) is 0 Å². The van der Waals surface area contributed by atoms with Gasteiger partial charge in [-0.3, -0.25) is 0 Å². The smallest absolute Gasteiger partial charge is 0.406 e. The van der Waals surface area contributed by atoms with Gasteiger partial charge in [0.1, 0.15) is 11.6 Å². The van der Waals surface area contributed by atoms with E-state index in [9.17, 15) is 13.2 Å². The van der Waals surface area contributed by atoms with Crippen LogP contribution in [0.5, 0.6) is 5.75 Å². The highest BCUT2D eigenvalue weighted by Gasteiger charge is 2.31. The van der Waals surface area contributed by atoms with Gasteiger partial charge >= 0.3 is 6.36 Å². The maximum absolute atomic E-state index is 12.7. The number of hydrogen-bond donors (Lipinski definition) is 2. The van der Waals surface area contributed by atoms with Gasteiger partial charge in [0.05, 0.1) is 5.69 Å². The highest BCUT2D eigenvalue weighted by atomic mass is 19.4. The maximum Gasteiger partial charge on any atom is 0.573 e. The molecule has 2 aromatic carbocycles. The van der Waals surface area contributed by atoms with Crippen molar-refractivity contribution in [3.05, 3.63) is 59.2 Å². The minimum Gasteiger partial charge on any atom is -0.406 e. The molecule has 1 atom stereocenters. The predicted octanol–water partition coefficient (Wildman–Crippen LogP) is 6.92. The zero-order valence-electron chi connectivity index (χ0n) is 18.8. The van der Waals surface area contributed by atoms with Gasteiger partial charge in [-0.25, -0.2) is 4.98 Å². The summed E-state index contributed by atoms with van der Waals surface area (Å²) in [7, 11) is 0. The van der Waals surface area contributed by atoms with Crippen molar-refractivity contribution in [2.45, 2.75) is 53.4 Å². The highest BCUT2D eigenvalue weighted by Crippen LogP contribution is 2.31. The molecule has 0 spiro atoms. The van der Waals surface area contributed by atoms with Gasteiger partial charge in [-0.15, -0.1) is 13.2 Å². The van der Waals surface area contributed by atoms with Crippen LogP contribution in [0.2, 0.25) is 0 Å². The van der Waals surface area contributed by atoms with Crippen molar-refractivity contribution in [2.75, 3.05) is 10.6 Å². The van der Waals surface area contributed by atoms with Gasteiger partial charge < -0.3 is 15.4 Å². The molecule has 0 fully saturated rings. The highest BCUT2D eigenvalue weighted by molar-refractivity contribution is 5.71. The van der Waals surface area contributed by atoms with E-state index < -0.39 is 6.36 Å². The normalized spacial score (nSPS) is 12.4. The van der Waals surface area contributed by atoms with Gasteiger partial charge in [0.15, 0.2) is 0 Å². The monoisotopic (exact) mass is 444 g/mol. The van der Waals surface area contributed by atoms with Crippen molar-refractivity contribution < 1.29 is 17.9 Å². The van der Waals surface area contributed by atoms with E-state index in [0.717, 1.165) is 28.8 Å². The first-order chi connectivity index (χ1) is 15.0. The van der Waals surface area contributed by atoms with E-state index in [-0.39, 0.29) is 11.8 Å². The zero-order valence-corrected chi connectivity index (χ0v) is 18.8. The Hall–Kier alpha value is -3.29. The second-order valence-electron chi connectivity index (χ2n) is 7.89. The first kappa shape index (κ1) is 23.4. The van der Waals surface area contributed by atoms with Crippen molar-refractivity contribution in [3.63, 3.8) is 0 Å². The molecule has 3 rings (SSSR count). The van der Waals surface area contributed by atoms with Crippen LogP contribution in [0.1, 0.15) is 37.0 Å². The van der Waals surface area contributed by atoms with E-state index in [1.54, 1.807) is 12.1 Å². The van der Waals surface area contributed by atoms with Crippen LogP contribution in [0, 0.1) is 20.8 Å². The standard InChI is InChI=1S/C24H27F3N4O/c1-6-17(5)28-23-29-20(18-8-7-9-19(12-18)32-24(25,26)27)13-21(31-23)30-22-15(3)10-14(2)11-16(22)4/h7-13,17H,6H2,1-5H3,(H2,28,29,30,31)/t17-/m0/s1. The van der Waals surface area contributed by atoms with Crippen molar-refractivity contribution >= 4 is 17.5 Å². The molecular weight excluding hydrogens is 417 g/mol. The number of halogens is 3. The summed E-state index contributed by atoms with van der Waals surface area (Å²) in [6.07, 6.45) is -3.90. The lowest BCUT2D eigenvalue weighted by Crippen LogP contribution is -2.17. The number of nitrogens with zero attached hydrogens (tertiary/aromatic N) is 2. The number of hydrogen-bond acceptors (Lipinski definition) is 5. The summed E-state index contributed by atoms with van der Waals surface area (Å²) in [5, 5.41) is 6.61. The molecule has 0 radical (unpaired) electrons. The van der Waals surface area contributed by atoms with Crippen molar-refractivity contribution in [2.24, 2.45) is 0 Å². The summed E-state index contributed by atoms with van der Waals surface area (Å²) in [5.41, 5.74) is 5.20. The third kappa shape index (κ3) is 6.12. The van der Waals surface area contributed by atoms with Crippen LogP contribution in [0.15, 0.2) is 42.5 Å². The Morgan fingerprint density at radius 2 is 1.69 bits per heavy atom. The summed E-state index contributed by atoms with van der Waals surface area (Å²) in [5.74, 6) is 0.631. The van der Waals surface area contributed by atoms with Gasteiger partial charge in [0.2, 0.25) is 5.95 Å². The number of ether oxygens (including phenoxy) is 1. The van der Waals surface area contributed by atoms with Crippen LogP contribution >= 0.6 is 0 Å². The average Bonchev–Trinajstić information content (AvgIpc) is 2.69. The Morgan fingerprint density at radius 3 is 2.31 bits per heavy atom. The molecule has 0 saturated carbocycles. The van der Waals surface area contributed by atoms with E-state index in [2.05, 4.69) is 37.5 Å². The summed E-state index contributed by atoms with van der Waals surface area (Å²) < 4.78 is 42.1. The number of alkyl halides is 3. The summed E-state index contributed by atoms with van der Waals surface area (Å²) >= 11 is 0. The lowest BCUT2D eigenvalue weighted by molar-refractivity contribution is -0.274. The topological polar surface area (TPSA) is 59.1 Å². The van der Waals surface area contributed by atoms with Crippen molar-refractivity contribution in [1.82, 2.24) is 9.97 Å². The van der Waals surface area contributed by atoms with Crippen molar-refractivity contribution in [3.8, 4) is 17.0 Å². The summed E-state index contributed by atoms with van der Waals surface area (Å²) in [6.45, 7) is 10.1. The molecule has 0 aliphatic rings. The molecule has 32 heavy (non-hydrogen) atoms. The lowest BCUT2D eigenvalue weighted by atomic mass is 10.1. The maximum atomic E-state index is 12.7. The van der Waals surface area contributed by atoms with Crippen LogP contribution in [0.3, 0.4) is 0 Å². The second kappa shape index (κ2) is 9.46. The average molecular weight is 445 g/mol. The second-order valence-corrected chi connectivity index (χ2v) is 7.89. The largest absolute Gasteiger partial charge is 0.573 e. The molecule has 1 heterocycles. The number of aromatic nitrogens is 2. The molecule has 170 valence electrons. The third-order valence-corrected chi connectivity index (χ3v) is 5.01. The Morgan fingerprint density at radius 1 is 1.00 bits per heavy atom. The quantitative estimate of drug-likeness (QED) is 0.414.